The van der Waals surface area contributed by atoms with Gasteiger partial charge in [-0.25, -0.2) is 0 Å². The van der Waals surface area contributed by atoms with Crippen LogP contribution in [0.2, 0.25) is 10.0 Å². The number of hydrogen-bond donors (Lipinski definition) is 2. The first-order valence-electron chi connectivity index (χ1n) is 6.15. The molecule has 114 valence electrons. The van der Waals surface area contributed by atoms with Gasteiger partial charge in [0, 0.05) is 23.7 Å². The van der Waals surface area contributed by atoms with Crippen LogP contribution < -0.4 is 11.1 Å². The molecule has 0 aliphatic heterocycles. The Balaban J connectivity index is 2.27. The van der Waals surface area contributed by atoms with Gasteiger partial charge < -0.3 is 11.1 Å². The molecule has 0 saturated carbocycles. The lowest BCUT2D eigenvalue weighted by Crippen LogP contribution is -2.12. The van der Waals surface area contributed by atoms with Crippen molar-refractivity contribution in [3.63, 3.8) is 0 Å². The van der Waals surface area contributed by atoms with Crippen molar-refractivity contribution in [3.05, 3.63) is 67.7 Å². The van der Waals surface area contributed by atoms with Crippen LogP contribution in [0.1, 0.15) is 15.9 Å². The monoisotopic (exact) mass is 339 g/mol. The molecule has 2 aromatic rings. The Morgan fingerprint density at radius 1 is 1.27 bits per heavy atom. The highest BCUT2D eigenvalue weighted by Crippen LogP contribution is 2.30. The van der Waals surface area contributed by atoms with Crippen LogP contribution in [0.15, 0.2) is 36.4 Å². The van der Waals surface area contributed by atoms with Crippen LogP contribution in [0.25, 0.3) is 0 Å². The Morgan fingerprint density at radius 2 is 2.00 bits per heavy atom. The number of nitro groups is 1. The molecule has 2 rings (SSSR count). The highest BCUT2D eigenvalue weighted by Gasteiger charge is 2.16. The van der Waals surface area contributed by atoms with E-state index in [1.165, 1.54) is 12.1 Å². The summed E-state index contributed by atoms with van der Waals surface area (Å²) >= 11 is 11.9. The number of anilines is 1. The van der Waals surface area contributed by atoms with Crippen molar-refractivity contribution in [2.45, 2.75) is 6.54 Å². The fourth-order valence-corrected chi connectivity index (χ4v) is 2.23. The first kappa shape index (κ1) is 16.1. The largest absolute Gasteiger partial charge is 0.379 e. The lowest BCUT2D eigenvalue weighted by atomic mass is 10.1. The van der Waals surface area contributed by atoms with E-state index in [-0.39, 0.29) is 17.8 Å². The van der Waals surface area contributed by atoms with Gasteiger partial charge in [0.25, 0.3) is 5.69 Å². The fourth-order valence-electron chi connectivity index (χ4n) is 1.87. The SMILES string of the molecule is NC(=O)c1ccc(CNc2cccc(Cl)c2Cl)c([N+](=O)[O-])c1. The minimum Gasteiger partial charge on any atom is -0.379 e. The maximum atomic E-state index is 11.1. The lowest BCUT2D eigenvalue weighted by Gasteiger charge is -2.10. The summed E-state index contributed by atoms with van der Waals surface area (Å²) < 4.78 is 0. The molecule has 0 atom stereocenters. The van der Waals surface area contributed by atoms with Gasteiger partial charge >= 0.3 is 0 Å². The molecule has 3 N–H and O–H groups in total. The highest BCUT2D eigenvalue weighted by atomic mass is 35.5. The Kier molecular flexibility index (Phi) is 4.85. The summed E-state index contributed by atoms with van der Waals surface area (Å²) in [5, 5.41) is 14.8. The summed E-state index contributed by atoms with van der Waals surface area (Å²) in [6.07, 6.45) is 0. The van der Waals surface area contributed by atoms with Crippen LogP contribution in [-0.4, -0.2) is 10.8 Å². The number of carbonyl (C=O) groups excluding carboxylic acids is 1. The molecule has 8 heteroatoms. The smallest absolute Gasteiger partial charge is 0.275 e. The molecule has 0 unspecified atom stereocenters. The molecule has 0 aromatic heterocycles. The summed E-state index contributed by atoms with van der Waals surface area (Å²) in [5.41, 5.74) is 5.96. The predicted molar refractivity (Wildman–Crippen MR) is 85.4 cm³/mol. The van der Waals surface area contributed by atoms with E-state index in [2.05, 4.69) is 5.32 Å². The van der Waals surface area contributed by atoms with Crippen molar-refractivity contribution in [3.8, 4) is 0 Å². The van der Waals surface area contributed by atoms with Crippen molar-refractivity contribution in [2.75, 3.05) is 5.32 Å². The Labute approximate surface area is 136 Å². The number of amides is 1. The van der Waals surface area contributed by atoms with Gasteiger partial charge in [-0.05, 0) is 24.3 Å². The number of nitrogens with zero attached hydrogens (tertiary/aromatic N) is 1. The highest BCUT2D eigenvalue weighted by molar-refractivity contribution is 6.43. The van der Waals surface area contributed by atoms with Gasteiger partial charge in [-0.1, -0.05) is 29.3 Å². The number of hydrogen-bond acceptors (Lipinski definition) is 4. The third kappa shape index (κ3) is 3.47. The minimum atomic E-state index is -0.722. The number of nitrogens with one attached hydrogen (secondary N) is 1. The van der Waals surface area contributed by atoms with Crippen molar-refractivity contribution < 1.29 is 9.72 Å². The molecule has 2 aromatic carbocycles. The van der Waals surface area contributed by atoms with E-state index in [0.29, 0.717) is 21.3 Å². The average Bonchev–Trinajstić information content (AvgIpc) is 2.48. The summed E-state index contributed by atoms with van der Waals surface area (Å²) in [7, 11) is 0. The molecule has 0 bridgehead atoms. The molecular weight excluding hydrogens is 329 g/mol. The van der Waals surface area contributed by atoms with E-state index in [0.717, 1.165) is 6.07 Å². The van der Waals surface area contributed by atoms with Crippen LogP contribution >= 0.6 is 23.2 Å². The molecule has 0 aliphatic rings. The van der Waals surface area contributed by atoms with Crippen LogP contribution in [0, 0.1) is 10.1 Å². The number of rotatable bonds is 5. The van der Waals surface area contributed by atoms with Gasteiger partial charge in [-0.15, -0.1) is 0 Å². The van der Waals surface area contributed by atoms with Crippen LogP contribution in [-0.2, 0) is 6.54 Å². The lowest BCUT2D eigenvalue weighted by molar-refractivity contribution is -0.385. The van der Waals surface area contributed by atoms with Crippen LogP contribution in [0.4, 0.5) is 11.4 Å². The Hall–Kier alpha value is -2.31. The predicted octanol–water partition coefficient (Wildman–Crippen LogP) is 3.61. The molecule has 6 nitrogen and oxygen atoms in total. The van der Waals surface area contributed by atoms with Crippen molar-refractivity contribution in [1.82, 2.24) is 0 Å². The van der Waals surface area contributed by atoms with Crippen LogP contribution in [0.5, 0.6) is 0 Å². The number of carbonyl (C=O) groups is 1. The van der Waals surface area contributed by atoms with Gasteiger partial charge in [0.15, 0.2) is 0 Å². The molecule has 0 saturated heterocycles. The summed E-state index contributed by atoms with van der Waals surface area (Å²) in [6, 6.07) is 9.12. The summed E-state index contributed by atoms with van der Waals surface area (Å²) in [6.45, 7) is 0.148. The molecule has 0 heterocycles. The van der Waals surface area contributed by atoms with Crippen LogP contribution in [0.3, 0.4) is 0 Å². The topological polar surface area (TPSA) is 98.3 Å². The third-order valence-corrected chi connectivity index (χ3v) is 3.81. The van der Waals surface area contributed by atoms with Gasteiger partial charge in [-0.2, -0.15) is 0 Å². The number of nitrogens with two attached hydrogens (primary N) is 1. The van der Waals surface area contributed by atoms with E-state index in [1.54, 1.807) is 18.2 Å². The zero-order valence-corrected chi connectivity index (χ0v) is 12.7. The van der Waals surface area contributed by atoms with Crippen molar-refractivity contribution >= 4 is 40.5 Å². The van der Waals surface area contributed by atoms with E-state index in [4.69, 9.17) is 28.9 Å². The van der Waals surface area contributed by atoms with Gasteiger partial charge in [0.2, 0.25) is 5.91 Å². The van der Waals surface area contributed by atoms with E-state index in [9.17, 15) is 14.9 Å². The second-order valence-corrected chi connectivity index (χ2v) is 5.20. The number of halogens is 2. The molecular formula is C14H11Cl2N3O3. The number of primary amides is 1. The normalized spacial score (nSPS) is 10.3. The maximum absolute atomic E-state index is 11.1. The zero-order valence-electron chi connectivity index (χ0n) is 11.2. The standard InChI is InChI=1S/C14H11Cl2N3O3/c15-10-2-1-3-11(13(10)16)18-7-9-5-4-8(14(17)20)6-12(9)19(21)22/h1-6,18H,7H2,(H2,17,20). The molecule has 0 spiro atoms. The number of benzene rings is 2. The molecule has 22 heavy (non-hydrogen) atoms. The van der Waals surface area contributed by atoms with Gasteiger partial charge in [0.1, 0.15) is 0 Å². The average molecular weight is 340 g/mol. The van der Waals surface area contributed by atoms with Gasteiger partial charge in [-0.3, -0.25) is 14.9 Å². The minimum absolute atomic E-state index is 0.0798. The quantitative estimate of drug-likeness (QED) is 0.642. The summed E-state index contributed by atoms with van der Waals surface area (Å²) in [5.74, 6) is -0.722. The first-order chi connectivity index (χ1) is 10.4. The Morgan fingerprint density at radius 3 is 2.64 bits per heavy atom. The Bertz CT molecular complexity index is 750. The van der Waals surface area contributed by atoms with E-state index >= 15 is 0 Å². The third-order valence-electron chi connectivity index (χ3n) is 2.99. The second kappa shape index (κ2) is 6.64. The molecule has 0 aliphatic carbocycles. The van der Waals surface area contributed by atoms with Crippen molar-refractivity contribution in [1.29, 1.82) is 0 Å². The van der Waals surface area contributed by atoms with Crippen molar-refractivity contribution in [2.24, 2.45) is 5.73 Å². The molecule has 0 fully saturated rings. The first-order valence-corrected chi connectivity index (χ1v) is 6.90. The maximum Gasteiger partial charge on any atom is 0.275 e. The van der Waals surface area contributed by atoms with Gasteiger partial charge in [0.05, 0.1) is 20.7 Å². The zero-order chi connectivity index (χ0) is 16.3. The summed E-state index contributed by atoms with van der Waals surface area (Å²) in [4.78, 5) is 21.6. The molecule has 0 radical (unpaired) electrons. The fraction of sp³-hybridized carbons (Fsp3) is 0.0714. The van der Waals surface area contributed by atoms with E-state index < -0.39 is 10.8 Å². The second-order valence-electron chi connectivity index (χ2n) is 4.42. The number of nitro benzene ring substituents is 1. The molecule has 1 amide bonds. The van der Waals surface area contributed by atoms with E-state index in [1.807, 2.05) is 0 Å².